The van der Waals surface area contributed by atoms with Gasteiger partial charge in [-0.2, -0.15) is 0 Å². The molecule has 0 bridgehead atoms. The van der Waals surface area contributed by atoms with Gasteiger partial charge in [-0.15, -0.1) is 0 Å². The highest BCUT2D eigenvalue weighted by Crippen LogP contribution is 2.46. The highest BCUT2D eigenvalue weighted by molar-refractivity contribution is 8.08. The number of hydrogen-bond donors (Lipinski definition) is 3. The van der Waals surface area contributed by atoms with E-state index in [-0.39, 0.29) is 13.0 Å². The summed E-state index contributed by atoms with van der Waals surface area (Å²) in [5.74, 6) is 1.38. The number of nitrogens with one attached hydrogen (secondary N) is 2. The molecule has 0 saturated carbocycles. The first-order valence-electron chi connectivity index (χ1n) is 15.8. The van der Waals surface area contributed by atoms with Crippen molar-refractivity contribution in [2.75, 3.05) is 27.4 Å². The normalized spacial score (nSPS) is 19.1. The second-order valence-corrected chi connectivity index (χ2v) is 14.6. The number of unbranched alkanes of at least 4 members (excludes halogenated alkanes) is 1. The summed E-state index contributed by atoms with van der Waals surface area (Å²) < 4.78 is 32.0. The van der Waals surface area contributed by atoms with Gasteiger partial charge in [0.25, 0.3) is 12.2 Å². The molecule has 3 N–H and O–H groups in total. The first-order valence-corrected chi connectivity index (χ1v) is 18.5. The third-order valence-corrected chi connectivity index (χ3v) is 10.2. The zero-order valence-corrected chi connectivity index (χ0v) is 29.2. The third kappa shape index (κ3) is 7.98. The molecule has 0 spiro atoms. The number of ether oxygens (including phenoxy) is 4. The Hall–Kier alpha value is -3.61. The van der Waals surface area contributed by atoms with Crippen LogP contribution in [-0.2, 0) is 31.4 Å². The van der Waals surface area contributed by atoms with E-state index in [0.29, 0.717) is 23.6 Å². The van der Waals surface area contributed by atoms with Crippen LogP contribution in [0, 0.1) is 6.92 Å². The Kier molecular flexibility index (Phi) is 11.7. The van der Waals surface area contributed by atoms with Gasteiger partial charge in [-0.3, -0.25) is 14.3 Å². The Labute approximate surface area is 285 Å². The summed E-state index contributed by atoms with van der Waals surface area (Å²) in [6.45, 7) is 0.692. The van der Waals surface area contributed by atoms with E-state index in [2.05, 4.69) is 10.1 Å². The second-order valence-electron chi connectivity index (χ2n) is 11.6. The maximum Gasteiger partial charge on any atom is 0.330 e. The summed E-state index contributed by atoms with van der Waals surface area (Å²) in [6.07, 6.45) is 1.04. The SMILES string of the molecule is CCCCNP(O)(=S)O[C@H]1C[C@H](n2cc(C)c(=O)[nH]c2=O)O[C@@H]1COC(c1ccccc1)(c1ccc(OC)cc1)c1ccc(OC)cc1. The minimum absolute atomic E-state index is 0.0184. The van der Waals surface area contributed by atoms with Crippen molar-refractivity contribution in [3.8, 4) is 11.5 Å². The van der Waals surface area contributed by atoms with E-state index in [4.69, 9.17) is 35.3 Å². The van der Waals surface area contributed by atoms with E-state index >= 15 is 0 Å². The van der Waals surface area contributed by atoms with E-state index in [0.717, 1.165) is 29.5 Å². The summed E-state index contributed by atoms with van der Waals surface area (Å²) in [5.41, 5.74) is 0.630. The van der Waals surface area contributed by atoms with Gasteiger partial charge >= 0.3 is 5.69 Å². The molecule has 4 aromatic rings. The van der Waals surface area contributed by atoms with Crippen LogP contribution < -0.4 is 25.8 Å². The largest absolute Gasteiger partial charge is 0.497 e. The average Bonchev–Trinajstić information content (AvgIpc) is 3.48. The van der Waals surface area contributed by atoms with Crippen LogP contribution in [0.1, 0.15) is 54.7 Å². The first-order chi connectivity index (χ1) is 23.1. The van der Waals surface area contributed by atoms with E-state index < -0.39 is 41.9 Å². The van der Waals surface area contributed by atoms with Gasteiger partial charge < -0.3 is 28.4 Å². The number of methoxy groups -OCH3 is 2. The molecule has 13 heteroatoms. The molecule has 3 aromatic carbocycles. The monoisotopic (exact) mass is 695 g/mol. The molecule has 1 aromatic heterocycles. The predicted octanol–water partition coefficient (Wildman–Crippen LogP) is 5.15. The minimum Gasteiger partial charge on any atom is -0.497 e. The molecular formula is C35H42N3O8PS. The molecule has 1 aliphatic rings. The molecule has 1 aliphatic heterocycles. The van der Waals surface area contributed by atoms with E-state index in [9.17, 15) is 14.5 Å². The highest BCUT2D eigenvalue weighted by atomic mass is 32.5. The summed E-state index contributed by atoms with van der Waals surface area (Å²) in [7, 11) is 3.23. The van der Waals surface area contributed by atoms with Crippen LogP contribution in [0.25, 0.3) is 0 Å². The van der Waals surface area contributed by atoms with Gasteiger partial charge in [0, 0.05) is 24.7 Å². The van der Waals surface area contributed by atoms with Gasteiger partial charge in [0.05, 0.1) is 26.9 Å². The fourth-order valence-electron chi connectivity index (χ4n) is 5.83. The van der Waals surface area contributed by atoms with Gasteiger partial charge in [-0.25, -0.2) is 9.88 Å². The minimum atomic E-state index is -3.44. The number of aromatic amines is 1. The van der Waals surface area contributed by atoms with Crippen LogP contribution in [-0.4, -0.2) is 54.0 Å². The van der Waals surface area contributed by atoms with E-state index in [1.807, 2.05) is 85.8 Å². The number of rotatable bonds is 15. The van der Waals surface area contributed by atoms with E-state index in [1.165, 1.54) is 10.8 Å². The van der Waals surface area contributed by atoms with Gasteiger partial charge in [0.15, 0.2) is 0 Å². The molecule has 2 heterocycles. The predicted molar refractivity (Wildman–Crippen MR) is 187 cm³/mol. The zero-order chi connectivity index (χ0) is 34.3. The topological polar surface area (TPSA) is 133 Å². The lowest BCUT2D eigenvalue weighted by molar-refractivity contribution is -0.0917. The second kappa shape index (κ2) is 15.7. The highest BCUT2D eigenvalue weighted by Gasteiger charge is 2.44. The number of H-pyrrole nitrogens is 1. The molecule has 4 atom stereocenters. The van der Waals surface area contributed by atoms with Crippen molar-refractivity contribution in [2.45, 2.75) is 57.1 Å². The van der Waals surface area contributed by atoms with E-state index in [1.54, 1.807) is 21.1 Å². The molecule has 1 fully saturated rings. The molecule has 48 heavy (non-hydrogen) atoms. The molecular weight excluding hydrogens is 653 g/mol. The molecule has 11 nitrogen and oxygen atoms in total. The number of aromatic nitrogens is 2. The third-order valence-electron chi connectivity index (χ3n) is 8.39. The lowest BCUT2D eigenvalue weighted by Gasteiger charge is -2.37. The molecule has 1 unspecified atom stereocenters. The van der Waals surface area contributed by atoms with Gasteiger partial charge in [-0.05, 0) is 66.1 Å². The van der Waals surface area contributed by atoms with Gasteiger partial charge in [0.2, 0.25) is 0 Å². The Morgan fingerprint density at radius 1 is 0.979 bits per heavy atom. The number of nitrogens with zero attached hydrogens (tertiary/aromatic N) is 1. The van der Waals surface area contributed by atoms with Gasteiger partial charge in [-0.1, -0.05) is 67.9 Å². The molecule has 1 saturated heterocycles. The summed E-state index contributed by atoms with van der Waals surface area (Å²) in [5, 5.41) is 2.98. The standard InChI is InChI=1S/C35H42N3O8PS/c1-5-6-20-36-47(41,48)46-30-21-32(38-22-24(2)33(39)37-34(38)40)45-31(30)23-44-35(25-10-8-7-9-11-25,26-12-16-28(42-3)17-13-26)27-14-18-29(43-4)19-15-27/h7-19,22,30-32H,5-6,20-21,23H2,1-4H3,(H2,36,41,48)(H,37,39,40)/t30-,31+,32+,47?/m0/s1. The van der Waals surface area contributed by atoms with Crippen molar-refractivity contribution in [3.63, 3.8) is 0 Å². The average molecular weight is 696 g/mol. The van der Waals surface area contributed by atoms with Crippen molar-refractivity contribution >= 4 is 18.4 Å². The van der Waals surface area contributed by atoms with Crippen LogP contribution in [0.4, 0.5) is 0 Å². The lowest BCUT2D eigenvalue weighted by atomic mass is 9.80. The first kappa shape index (κ1) is 35.7. The number of aryl methyl sites for hydroxylation is 1. The molecule has 0 amide bonds. The molecule has 5 rings (SSSR count). The quantitative estimate of drug-likeness (QED) is 0.0872. The van der Waals surface area contributed by atoms with Crippen molar-refractivity contribution in [1.82, 2.24) is 14.6 Å². The Balaban J connectivity index is 1.57. The maximum absolute atomic E-state index is 12.9. The summed E-state index contributed by atoms with van der Waals surface area (Å²) >= 11 is 5.50. The molecule has 0 radical (unpaired) electrons. The fourth-order valence-corrected chi connectivity index (χ4v) is 7.54. The maximum atomic E-state index is 12.9. The summed E-state index contributed by atoms with van der Waals surface area (Å²) in [6, 6.07) is 25.2. The van der Waals surface area contributed by atoms with Crippen molar-refractivity contribution in [2.24, 2.45) is 0 Å². The fraction of sp³-hybridized carbons (Fsp3) is 0.371. The van der Waals surface area contributed by atoms with Crippen molar-refractivity contribution < 1.29 is 28.4 Å². The van der Waals surface area contributed by atoms with Gasteiger partial charge in [0.1, 0.15) is 29.4 Å². The van der Waals surface area contributed by atoms with Crippen LogP contribution >= 0.6 is 6.64 Å². The van der Waals surface area contributed by atoms with Crippen molar-refractivity contribution in [3.05, 3.63) is 128 Å². The Morgan fingerprint density at radius 3 is 2.12 bits per heavy atom. The van der Waals surface area contributed by atoms with Crippen molar-refractivity contribution in [1.29, 1.82) is 0 Å². The number of hydrogen-bond acceptors (Lipinski definition) is 8. The summed E-state index contributed by atoms with van der Waals surface area (Å²) in [4.78, 5) is 38.5. The lowest BCUT2D eigenvalue weighted by Crippen LogP contribution is -2.38. The molecule has 256 valence electrons. The Bertz CT molecular complexity index is 1770. The molecule has 0 aliphatic carbocycles. The Morgan fingerprint density at radius 2 is 1.56 bits per heavy atom. The van der Waals surface area contributed by atoms with Crippen LogP contribution in [0.3, 0.4) is 0 Å². The van der Waals surface area contributed by atoms with Crippen LogP contribution in [0.2, 0.25) is 0 Å². The van der Waals surface area contributed by atoms with Crippen LogP contribution in [0.5, 0.6) is 11.5 Å². The smallest absolute Gasteiger partial charge is 0.330 e. The van der Waals surface area contributed by atoms with Crippen LogP contribution in [0.15, 0.2) is 94.6 Å². The number of benzene rings is 3. The zero-order valence-electron chi connectivity index (χ0n) is 27.5.